The number of hydrogen-bond donors (Lipinski definition) is 1. The number of rotatable bonds is 6. The van der Waals surface area contributed by atoms with Crippen LogP contribution in [0, 0.1) is 11.3 Å². The summed E-state index contributed by atoms with van der Waals surface area (Å²) in [5.74, 6) is 0.996. The van der Waals surface area contributed by atoms with Crippen molar-refractivity contribution in [3.63, 3.8) is 0 Å². The topological polar surface area (TPSA) is 41.6 Å². The van der Waals surface area contributed by atoms with Crippen molar-refractivity contribution >= 4 is 5.91 Å². The zero-order chi connectivity index (χ0) is 15.3. The van der Waals surface area contributed by atoms with E-state index in [2.05, 4.69) is 24.1 Å². The zero-order valence-corrected chi connectivity index (χ0v) is 14.0. The summed E-state index contributed by atoms with van der Waals surface area (Å²) in [5, 5.41) is 2.72. The Bertz CT molecular complexity index is 336. The van der Waals surface area contributed by atoms with Gasteiger partial charge in [0.15, 0.2) is 0 Å². The first kappa shape index (κ1) is 16.8. The van der Waals surface area contributed by atoms with Gasteiger partial charge in [-0.15, -0.1) is 0 Å². The van der Waals surface area contributed by atoms with Gasteiger partial charge >= 0.3 is 0 Å². The molecule has 1 spiro atoms. The second-order valence-corrected chi connectivity index (χ2v) is 7.27. The third-order valence-corrected chi connectivity index (χ3v) is 5.34. The van der Waals surface area contributed by atoms with Crippen LogP contribution in [0.25, 0.3) is 0 Å². The molecule has 0 radical (unpaired) electrons. The molecule has 2 rings (SSSR count). The molecule has 4 nitrogen and oxygen atoms in total. The number of likely N-dealkylation sites (N-methyl/N-ethyl adjacent to an activating group) is 1. The number of nitrogens with one attached hydrogen (secondary N) is 1. The van der Waals surface area contributed by atoms with Crippen LogP contribution in [0.4, 0.5) is 0 Å². The Balaban J connectivity index is 1.70. The number of ether oxygens (including phenoxy) is 1. The first-order valence-corrected chi connectivity index (χ1v) is 8.57. The zero-order valence-electron chi connectivity index (χ0n) is 14.0. The second-order valence-electron chi connectivity index (χ2n) is 7.27. The lowest BCUT2D eigenvalue weighted by Gasteiger charge is -2.39. The Morgan fingerprint density at radius 3 is 2.67 bits per heavy atom. The minimum atomic E-state index is 0.140. The Kier molecular flexibility index (Phi) is 6.06. The van der Waals surface area contributed by atoms with Crippen LogP contribution in [0.5, 0.6) is 0 Å². The van der Waals surface area contributed by atoms with Crippen molar-refractivity contribution in [3.8, 4) is 0 Å². The summed E-state index contributed by atoms with van der Waals surface area (Å²) in [4.78, 5) is 13.8. The molecule has 0 aromatic rings. The van der Waals surface area contributed by atoms with Crippen LogP contribution in [0.3, 0.4) is 0 Å². The smallest absolute Gasteiger partial charge is 0.233 e. The maximum atomic E-state index is 11.5. The molecule has 0 aromatic heterocycles. The van der Waals surface area contributed by atoms with Crippen LogP contribution in [-0.2, 0) is 9.53 Å². The van der Waals surface area contributed by atoms with E-state index < -0.39 is 0 Å². The van der Waals surface area contributed by atoms with E-state index in [0.29, 0.717) is 18.1 Å². The van der Waals surface area contributed by atoms with Gasteiger partial charge in [-0.05, 0) is 76.8 Å². The third kappa shape index (κ3) is 4.96. The highest BCUT2D eigenvalue weighted by Gasteiger charge is 2.41. The van der Waals surface area contributed by atoms with Gasteiger partial charge in [-0.2, -0.15) is 0 Å². The molecular weight excluding hydrogens is 264 g/mol. The molecule has 122 valence electrons. The molecule has 0 unspecified atom stereocenters. The quantitative estimate of drug-likeness (QED) is 0.818. The highest BCUT2D eigenvalue weighted by atomic mass is 16.5. The number of amides is 1. The number of hydrogen-bond acceptors (Lipinski definition) is 3. The molecule has 21 heavy (non-hydrogen) atoms. The Labute approximate surface area is 129 Å². The molecule has 2 aliphatic rings. The van der Waals surface area contributed by atoms with Gasteiger partial charge in [0, 0.05) is 13.7 Å². The van der Waals surface area contributed by atoms with E-state index in [0.717, 1.165) is 25.6 Å². The van der Waals surface area contributed by atoms with E-state index >= 15 is 0 Å². The van der Waals surface area contributed by atoms with Crippen LogP contribution >= 0.6 is 0 Å². The van der Waals surface area contributed by atoms with Crippen molar-refractivity contribution in [2.24, 2.45) is 11.3 Å². The van der Waals surface area contributed by atoms with Gasteiger partial charge < -0.3 is 10.1 Å². The van der Waals surface area contributed by atoms with Crippen molar-refractivity contribution in [1.29, 1.82) is 0 Å². The van der Waals surface area contributed by atoms with E-state index in [1.54, 1.807) is 7.05 Å². The first-order valence-electron chi connectivity index (χ1n) is 8.57. The van der Waals surface area contributed by atoms with E-state index in [-0.39, 0.29) is 5.91 Å². The fourth-order valence-electron chi connectivity index (χ4n) is 3.97. The van der Waals surface area contributed by atoms with Gasteiger partial charge in [0.05, 0.1) is 12.6 Å². The lowest BCUT2D eigenvalue weighted by molar-refractivity contribution is -0.122. The molecule has 1 amide bonds. The molecule has 1 atom stereocenters. The average Bonchev–Trinajstić information content (AvgIpc) is 2.84. The van der Waals surface area contributed by atoms with Crippen LogP contribution in [0.1, 0.15) is 52.4 Å². The molecule has 1 N–H and O–H groups in total. The fraction of sp³-hybridized carbons (Fsp3) is 0.941. The standard InChI is InChI=1S/C17H32N2O2/c1-14(2)21-11-5-15-4-6-17(12-15)7-9-19(10-8-17)13-16(20)18-3/h14-15H,4-13H2,1-3H3,(H,18,20)/t15-/m0/s1. The number of carbonyl (C=O) groups excluding carboxylic acids is 1. The van der Waals surface area contributed by atoms with Gasteiger partial charge in [-0.1, -0.05) is 0 Å². The third-order valence-electron chi connectivity index (χ3n) is 5.34. The summed E-state index contributed by atoms with van der Waals surface area (Å²) < 4.78 is 5.70. The van der Waals surface area contributed by atoms with Crippen molar-refractivity contribution in [3.05, 3.63) is 0 Å². The minimum absolute atomic E-state index is 0.140. The summed E-state index contributed by atoms with van der Waals surface area (Å²) in [7, 11) is 1.72. The van der Waals surface area contributed by atoms with Gasteiger partial charge in [0.25, 0.3) is 0 Å². The molecule has 1 heterocycles. The predicted octanol–water partition coefficient (Wildman–Crippen LogP) is 2.43. The molecular formula is C17H32N2O2. The van der Waals surface area contributed by atoms with Crippen molar-refractivity contribution in [1.82, 2.24) is 10.2 Å². The normalized spacial score (nSPS) is 25.6. The summed E-state index contributed by atoms with van der Waals surface area (Å²) in [6.07, 6.45) is 8.25. The molecule has 0 bridgehead atoms. The Morgan fingerprint density at radius 1 is 1.33 bits per heavy atom. The Hall–Kier alpha value is -0.610. The van der Waals surface area contributed by atoms with Gasteiger partial charge in [-0.3, -0.25) is 9.69 Å². The maximum absolute atomic E-state index is 11.5. The largest absolute Gasteiger partial charge is 0.379 e. The monoisotopic (exact) mass is 296 g/mol. The summed E-state index contributed by atoms with van der Waals surface area (Å²) >= 11 is 0. The summed E-state index contributed by atoms with van der Waals surface area (Å²) in [5.41, 5.74) is 0.571. The van der Waals surface area contributed by atoms with E-state index in [9.17, 15) is 4.79 Å². The number of carbonyl (C=O) groups is 1. The van der Waals surface area contributed by atoms with Gasteiger partial charge in [0.1, 0.15) is 0 Å². The highest BCUT2D eigenvalue weighted by Crippen LogP contribution is 2.49. The van der Waals surface area contributed by atoms with Crippen LogP contribution < -0.4 is 5.32 Å². The molecule has 0 aromatic carbocycles. The Morgan fingerprint density at radius 2 is 2.05 bits per heavy atom. The minimum Gasteiger partial charge on any atom is -0.379 e. The molecule has 1 aliphatic carbocycles. The second kappa shape index (κ2) is 7.59. The molecule has 2 fully saturated rings. The SMILES string of the molecule is CNC(=O)CN1CCC2(CC[C@@H](CCOC(C)C)C2)CC1. The summed E-state index contributed by atoms with van der Waals surface area (Å²) in [6, 6.07) is 0. The van der Waals surface area contributed by atoms with Crippen molar-refractivity contribution in [2.45, 2.75) is 58.5 Å². The van der Waals surface area contributed by atoms with E-state index in [1.165, 1.54) is 38.5 Å². The summed E-state index contributed by atoms with van der Waals surface area (Å²) in [6.45, 7) is 7.88. The van der Waals surface area contributed by atoms with Crippen molar-refractivity contribution in [2.75, 3.05) is 33.3 Å². The highest BCUT2D eigenvalue weighted by molar-refractivity contribution is 5.77. The average molecular weight is 296 g/mol. The van der Waals surface area contributed by atoms with Crippen molar-refractivity contribution < 1.29 is 9.53 Å². The molecule has 1 aliphatic heterocycles. The first-order chi connectivity index (χ1) is 10.0. The van der Waals surface area contributed by atoms with Gasteiger partial charge in [0.2, 0.25) is 5.91 Å². The van der Waals surface area contributed by atoms with Gasteiger partial charge in [-0.25, -0.2) is 0 Å². The molecule has 1 saturated carbocycles. The van der Waals surface area contributed by atoms with Crippen LogP contribution in [0.2, 0.25) is 0 Å². The number of nitrogens with zero attached hydrogens (tertiary/aromatic N) is 1. The van der Waals surface area contributed by atoms with Crippen LogP contribution in [0.15, 0.2) is 0 Å². The lowest BCUT2D eigenvalue weighted by Crippen LogP contribution is -2.43. The van der Waals surface area contributed by atoms with E-state index in [1.807, 2.05) is 0 Å². The number of likely N-dealkylation sites (tertiary alicyclic amines) is 1. The molecule has 1 saturated heterocycles. The van der Waals surface area contributed by atoms with E-state index in [4.69, 9.17) is 4.74 Å². The van der Waals surface area contributed by atoms with Crippen LogP contribution in [-0.4, -0.2) is 50.2 Å². The molecule has 4 heteroatoms. The lowest BCUT2D eigenvalue weighted by atomic mass is 9.76. The number of piperidine rings is 1. The maximum Gasteiger partial charge on any atom is 0.233 e. The fourth-order valence-corrected chi connectivity index (χ4v) is 3.97. The predicted molar refractivity (Wildman–Crippen MR) is 85.2 cm³/mol.